The maximum Gasteiger partial charge on any atom is 0.304 e. The van der Waals surface area contributed by atoms with Gasteiger partial charge in [-0.1, -0.05) is 19.3 Å². The first-order valence-electron chi connectivity index (χ1n) is 6.84. The lowest BCUT2D eigenvalue weighted by atomic mass is 10.0. The summed E-state index contributed by atoms with van der Waals surface area (Å²) in [6.45, 7) is 0.958. The van der Waals surface area contributed by atoms with E-state index in [2.05, 4.69) is 4.90 Å². The van der Waals surface area contributed by atoms with Crippen LogP contribution in [0.15, 0.2) is 0 Å². The number of carboxylic acids is 1. The van der Waals surface area contributed by atoms with Gasteiger partial charge in [0, 0.05) is 12.1 Å². The summed E-state index contributed by atoms with van der Waals surface area (Å²) in [5.74, 6) is -0.718. The first kappa shape index (κ1) is 12.8. The van der Waals surface area contributed by atoms with E-state index in [1.807, 2.05) is 0 Å². The van der Waals surface area contributed by atoms with Crippen molar-refractivity contribution >= 4 is 5.97 Å². The first-order valence-corrected chi connectivity index (χ1v) is 6.84. The molecule has 4 heteroatoms. The maximum atomic E-state index is 10.8. The Morgan fingerprint density at radius 3 is 2.65 bits per heavy atom. The molecule has 98 valence electrons. The number of rotatable bonds is 3. The number of nitrogens with zero attached hydrogens (tertiary/aromatic N) is 1. The van der Waals surface area contributed by atoms with Gasteiger partial charge in [-0.05, 0) is 32.2 Å². The molecule has 3 unspecified atom stereocenters. The minimum absolute atomic E-state index is 0.144. The van der Waals surface area contributed by atoms with Gasteiger partial charge in [0.15, 0.2) is 0 Å². The second-order valence-electron chi connectivity index (χ2n) is 5.40. The zero-order chi connectivity index (χ0) is 12.3. The summed E-state index contributed by atoms with van der Waals surface area (Å²) < 4.78 is 0. The average molecular weight is 241 g/mol. The Kier molecular flexibility index (Phi) is 4.40. The van der Waals surface area contributed by atoms with E-state index in [-0.39, 0.29) is 24.6 Å². The fourth-order valence-electron chi connectivity index (χ4n) is 3.37. The van der Waals surface area contributed by atoms with Crippen molar-refractivity contribution in [3.63, 3.8) is 0 Å². The van der Waals surface area contributed by atoms with Gasteiger partial charge in [0.1, 0.15) is 0 Å². The number of hydrogen-bond donors (Lipinski definition) is 2. The molecule has 0 amide bonds. The molecule has 1 saturated carbocycles. The van der Waals surface area contributed by atoms with Crippen LogP contribution < -0.4 is 0 Å². The topological polar surface area (TPSA) is 60.8 Å². The van der Waals surface area contributed by atoms with Crippen LogP contribution in [0.2, 0.25) is 0 Å². The minimum Gasteiger partial charge on any atom is -0.481 e. The highest BCUT2D eigenvalue weighted by atomic mass is 16.4. The summed E-state index contributed by atoms with van der Waals surface area (Å²) in [5, 5.41) is 19.1. The molecule has 1 heterocycles. The predicted octanol–water partition coefficient (Wildman–Crippen LogP) is 1.62. The predicted molar refractivity (Wildman–Crippen MR) is 64.9 cm³/mol. The highest BCUT2D eigenvalue weighted by molar-refractivity contribution is 5.67. The Morgan fingerprint density at radius 2 is 1.88 bits per heavy atom. The second-order valence-corrected chi connectivity index (χ2v) is 5.40. The lowest BCUT2D eigenvalue weighted by Crippen LogP contribution is -2.46. The highest BCUT2D eigenvalue weighted by Crippen LogP contribution is 2.30. The van der Waals surface area contributed by atoms with E-state index in [0.29, 0.717) is 0 Å². The van der Waals surface area contributed by atoms with E-state index >= 15 is 0 Å². The number of likely N-dealkylation sites (tertiary alicyclic amines) is 1. The van der Waals surface area contributed by atoms with Crippen molar-refractivity contribution in [2.75, 3.05) is 6.54 Å². The van der Waals surface area contributed by atoms with E-state index in [9.17, 15) is 9.90 Å². The van der Waals surface area contributed by atoms with Gasteiger partial charge in [-0.15, -0.1) is 0 Å². The zero-order valence-electron chi connectivity index (χ0n) is 10.3. The van der Waals surface area contributed by atoms with E-state index in [1.54, 1.807) is 0 Å². The number of aliphatic carboxylic acids is 1. The normalized spacial score (nSPS) is 35.7. The van der Waals surface area contributed by atoms with Crippen molar-refractivity contribution in [1.29, 1.82) is 0 Å². The smallest absolute Gasteiger partial charge is 0.304 e. The van der Waals surface area contributed by atoms with E-state index in [0.717, 1.165) is 45.1 Å². The molecule has 2 fully saturated rings. The number of aliphatic hydroxyl groups is 1. The second kappa shape index (κ2) is 5.83. The third-order valence-corrected chi connectivity index (χ3v) is 4.20. The minimum atomic E-state index is -0.718. The van der Waals surface area contributed by atoms with Gasteiger partial charge in [0.25, 0.3) is 0 Å². The Hall–Kier alpha value is -0.610. The monoisotopic (exact) mass is 241 g/mol. The molecule has 3 atom stereocenters. The fourth-order valence-corrected chi connectivity index (χ4v) is 3.37. The van der Waals surface area contributed by atoms with Gasteiger partial charge in [0.05, 0.1) is 12.5 Å². The lowest BCUT2D eigenvalue weighted by Gasteiger charge is -2.34. The van der Waals surface area contributed by atoms with Crippen LogP contribution in [0.4, 0.5) is 0 Å². The first-order chi connectivity index (χ1) is 8.18. The molecule has 0 radical (unpaired) electrons. The fraction of sp³-hybridized carbons (Fsp3) is 0.923. The third-order valence-electron chi connectivity index (χ3n) is 4.20. The Morgan fingerprint density at radius 1 is 1.12 bits per heavy atom. The van der Waals surface area contributed by atoms with Crippen LogP contribution in [-0.2, 0) is 4.79 Å². The van der Waals surface area contributed by atoms with Crippen molar-refractivity contribution < 1.29 is 15.0 Å². The maximum absolute atomic E-state index is 10.8. The third kappa shape index (κ3) is 3.19. The van der Waals surface area contributed by atoms with E-state index in [1.165, 1.54) is 6.42 Å². The van der Waals surface area contributed by atoms with Crippen molar-refractivity contribution in [3.8, 4) is 0 Å². The summed E-state index contributed by atoms with van der Waals surface area (Å²) in [6.07, 6.45) is 7.38. The molecule has 17 heavy (non-hydrogen) atoms. The molecule has 1 saturated heterocycles. The van der Waals surface area contributed by atoms with Crippen LogP contribution in [0.25, 0.3) is 0 Å². The standard InChI is InChI=1S/C13H23NO3/c15-12-7-3-1-2-6-11(12)14-8-4-5-10(14)9-13(16)17/h10-12,15H,1-9H2,(H,16,17). The van der Waals surface area contributed by atoms with Crippen LogP contribution in [0.3, 0.4) is 0 Å². The molecule has 2 N–H and O–H groups in total. The highest BCUT2D eigenvalue weighted by Gasteiger charge is 2.35. The van der Waals surface area contributed by atoms with Gasteiger partial charge >= 0.3 is 5.97 Å². The molecule has 0 bridgehead atoms. The summed E-state index contributed by atoms with van der Waals surface area (Å²) in [6, 6.07) is 0.342. The lowest BCUT2D eigenvalue weighted by molar-refractivity contribution is -0.138. The Bertz CT molecular complexity index is 269. The van der Waals surface area contributed by atoms with Gasteiger partial charge in [-0.25, -0.2) is 0 Å². The molecule has 1 aliphatic carbocycles. The summed E-state index contributed by atoms with van der Waals surface area (Å²) in [4.78, 5) is 13.1. The molecular formula is C13H23NO3. The number of carboxylic acid groups (broad SMARTS) is 1. The average Bonchev–Trinajstić information content (AvgIpc) is 2.59. The largest absolute Gasteiger partial charge is 0.481 e. The molecule has 2 rings (SSSR count). The molecule has 0 aromatic carbocycles. The summed E-state index contributed by atoms with van der Waals surface area (Å²) in [5.41, 5.74) is 0. The molecule has 0 aromatic rings. The van der Waals surface area contributed by atoms with E-state index < -0.39 is 5.97 Å². The van der Waals surface area contributed by atoms with Crippen LogP contribution in [-0.4, -0.2) is 45.8 Å². The van der Waals surface area contributed by atoms with Gasteiger partial charge in [0.2, 0.25) is 0 Å². The molecule has 0 spiro atoms. The number of hydrogen-bond acceptors (Lipinski definition) is 3. The van der Waals surface area contributed by atoms with E-state index in [4.69, 9.17) is 5.11 Å². The molecule has 1 aliphatic heterocycles. The number of aliphatic hydroxyl groups excluding tert-OH is 1. The van der Waals surface area contributed by atoms with Crippen molar-refractivity contribution in [2.24, 2.45) is 0 Å². The van der Waals surface area contributed by atoms with Crippen molar-refractivity contribution in [1.82, 2.24) is 4.90 Å². The number of carbonyl (C=O) groups is 1. The van der Waals surface area contributed by atoms with Crippen LogP contribution in [0, 0.1) is 0 Å². The Labute approximate surface area is 103 Å². The van der Waals surface area contributed by atoms with Gasteiger partial charge < -0.3 is 10.2 Å². The zero-order valence-corrected chi connectivity index (χ0v) is 10.3. The SMILES string of the molecule is O=C(O)CC1CCCN1C1CCCCCC1O. The molecular weight excluding hydrogens is 218 g/mol. The van der Waals surface area contributed by atoms with Crippen LogP contribution in [0.1, 0.15) is 51.4 Å². The van der Waals surface area contributed by atoms with Gasteiger partial charge in [-0.2, -0.15) is 0 Å². The van der Waals surface area contributed by atoms with Gasteiger partial charge in [-0.3, -0.25) is 9.69 Å². The molecule has 0 aromatic heterocycles. The quantitative estimate of drug-likeness (QED) is 0.737. The van der Waals surface area contributed by atoms with Crippen molar-refractivity contribution in [2.45, 2.75) is 69.6 Å². The molecule has 2 aliphatic rings. The summed E-state index contributed by atoms with van der Waals surface area (Å²) >= 11 is 0. The molecule has 4 nitrogen and oxygen atoms in total. The van der Waals surface area contributed by atoms with Crippen molar-refractivity contribution in [3.05, 3.63) is 0 Å². The summed E-state index contributed by atoms with van der Waals surface area (Å²) in [7, 11) is 0. The van der Waals surface area contributed by atoms with Crippen LogP contribution in [0.5, 0.6) is 0 Å². The Balaban J connectivity index is 2.00. The van der Waals surface area contributed by atoms with Crippen LogP contribution >= 0.6 is 0 Å².